The number of hydrogen-bond donors (Lipinski definition) is 0. The highest BCUT2D eigenvalue weighted by molar-refractivity contribution is 6.30. The van der Waals surface area contributed by atoms with E-state index in [1.54, 1.807) is 25.1 Å². The van der Waals surface area contributed by atoms with Gasteiger partial charge in [0.25, 0.3) is 5.69 Å². The lowest BCUT2D eigenvalue weighted by molar-refractivity contribution is -0.385. The molecule has 8 heteroatoms. The molecular formula is C17H12ClNO6. The zero-order chi connectivity index (χ0) is 18.0. The van der Waals surface area contributed by atoms with E-state index >= 15 is 0 Å². The Morgan fingerprint density at radius 3 is 2.68 bits per heavy atom. The molecule has 0 saturated carbocycles. The van der Waals surface area contributed by atoms with Crippen molar-refractivity contribution in [3.05, 3.63) is 62.7 Å². The second kappa shape index (κ2) is 6.82. The molecule has 0 unspecified atom stereocenters. The second-order valence-corrected chi connectivity index (χ2v) is 5.62. The number of fused-ring (bicyclic) bond motifs is 1. The molecule has 1 aliphatic heterocycles. The maximum Gasteiger partial charge on any atom is 0.336 e. The van der Waals surface area contributed by atoms with Crippen molar-refractivity contribution < 1.29 is 23.9 Å². The van der Waals surface area contributed by atoms with Crippen molar-refractivity contribution in [1.82, 2.24) is 0 Å². The van der Waals surface area contributed by atoms with Crippen LogP contribution in [0.15, 0.2) is 36.4 Å². The highest BCUT2D eigenvalue weighted by Crippen LogP contribution is 2.38. The molecule has 1 heterocycles. The molecule has 0 radical (unpaired) electrons. The maximum absolute atomic E-state index is 12.0. The average Bonchev–Trinajstić information content (AvgIpc) is 3.02. The van der Waals surface area contributed by atoms with E-state index in [9.17, 15) is 14.9 Å². The zero-order valence-corrected chi connectivity index (χ0v) is 13.8. The van der Waals surface area contributed by atoms with Crippen molar-refractivity contribution in [3.8, 4) is 17.2 Å². The third-order valence-electron chi connectivity index (χ3n) is 3.47. The largest absolute Gasteiger partial charge is 0.454 e. The van der Waals surface area contributed by atoms with E-state index in [2.05, 4.69) is 0 Å². The van der Waals surface area contributed by atoms with Crippen LogP contribution in [0.1, 0.15) is 11.1 Å². The highest BCUT2D eigenvalue weighted by atomic mass is 35.5. The van der Waals surface area contributed by atoms with E-state index in [1.807, 2.05) is 0 Å². The minimum absolute atomic E-state index is 0.00244. The maximum atomic E-state index is 12.0. The van der Waals surface area contributed by atoms with Crippen LogP contribution in [0, 0.1) is 17.0 Å². The molecule has 2 aromatic carbocycles. The Balaban J connectivity index is 1.81. The fourth-order valence-electron chi connectivity index (χ4n) is 2.27. The van der Waals surface area contributed by atoms with E-state index in [4.69, 9.17) is 25.8 Å². The molecule has 0 bridgehead atoms. The molecule has 0 saturated heterocycles. The predicted molar refractivity (Wildman–Crippen MR) is 90.1 cm³/mol. The molecule has 0 N–H and O–H groups in total. The van der Waals surface area contributed by atoms with Crippen LogP contribution in [0.25, 0.3) is 6.08 Å². The smallest absolute Gasteiger partial charge is 0.336 e. The second-order valence-electron chi connectivity index (χ2n) is 5.19. The van der Waals surface area contributed by atoms with Crippen LogP contribution in [0.2, 0.25) is 5.02 Å². The fraction of sp³-hybridized carbons (Fsp3) is 0.118. The number of nitro groups is 1. The van der Waals surface area contributed by atoms with Crippen molar-refractivity contribution in [2.24, 2.45) is 0 Å². The SMILES string of the molecule is Cc1cc(Cl)ccc1OC(=O)/C=C/c1cc2c(cc1[N+](=O)[O-])OCO2. The van der Waals surface area contributed by atoms with Crippen LogP contribution in [-0.2, 0) is 4.79 Å². The Hall–Kier alpha value is -3.06. The number of nitro benzene ring substituents is 1. The van der Waals surface area contributed by atoms with E-state index in [-0.39, 0.29) is 18.0 Å². The first kappa shape index (κ1) is 16.8. The van der Waals surface area contributed by atoms with E-state index < -0.39 is 10.9 Å². The normalized spacial score (nSPS) is 12.4. The van der Waals surface area contributed by atoms with Gasteiger partial charge in [0.05, 0.1) is 16.6 Å². The number of nitrogens with zero attached hydrogens (tertiary/aromatic N) is 1. The van der Waals surface area contributed by atoms with Gasteiger partial charge in [-0.15, -0.1) is 0 Å². The van der Waals surface area contributed by atoms with Crippen LogP contribution in [0.3, 0.4) is 0 Å². The summed E-state index contributed by atoms with van der Waals surface area (Å²) >= 11 is 5.85. The molecule has 128 valence electrons. The highest BCUT2D eigenvalue weighted by Gasteiger charge is 2.22. The van der Waals surface area contributed by atoms with Crippen molar-refractivity contribution >= 4 is 29.3 Å². The van der Waals surface area contributed by atoms with Gasteiger partial charge in [0.2, 0.25) is 6.79 Å². The molecule has 0 aliphatic carbocycles. The van der Waals surface area contributed by atoms with Crippen molar-refractivity contribution in [2.45, 2.75) is 6.92 Å². The molecule has 1 aliphatic rings. The van der Waals surface area contributed by atoms with E-state index in [1.165, 1.54) is 18.2 Å². The van der Waals surface area contributed by atoms with Crippen LogP contribution in [0.4, 0.5) is 5.69 Å². The number of halogens is 1. The number of ether oxygens (including phenoxy) is 3. The average molecular weight is 362 g/mol. The summed E-state index contributed by atoms with van der Waals surface area (Å²) in [6.45, 7) is 1.75. The van der Waals surface area contributed by atoms with Crippen molar-refractivity contribution in [3.63, 3.8) is 0 Å². The number of hydrogen-bond acceptors (Lipinski definition) is 6. The van der Waals surface area contributed by atoms with Gasteiger partial charge in [-0.1, -0.05) is 11.6 Å². The quantitative estimate of drug-likeness (QED) is 0.270. The standard InChI is InChI=1S/C17H12ClNO6/c1-10-6-12(18)3-4-14(10)25-17(20)5-2-11-7-15-16(24-9-23-15)8-13(11)19(21)22/h2-8H,9H2,1H3/b5-2+. The fourth-order valence-corrected chi connectivity index (χ4v) is 2.49. The lowest BCUT2D eigenvalue weighted by atomic mass is 10.1. The summed E-state index contributed by atoms with van der Waals surface area (Å²) in [4.78, 5) is 22.6. The summed E-state index contributed by atoms with van der Waals surface area (Å²) in [7, 11) is 0. The number of aryl methyl sites for hydroxylation is 1. The van der Waals surface area contributed by atoms with Gasteiger partial charge in [-0.2, -0.15) is 0 Å². The van der Waals surface area contributed by atoms with Gasteiger partial charge in [-0.25, -0.2) is 4.79 Å². The molecule has 0 spiro atoms. The third-order valence-corrected chi connectivity index (χ3v) is 3.70. The van der Waals surface area contributed by atoms with Gasteiger partial charge in [0, 0.05) is 11.1 Å². The topological polar surface area (TPSA) is 87.9 Å². The molecule has 0 atom stereocenters. The minimum atomic E-state index is -0.669. The monoisotopic (exact) mass is 361 g/mol. The van der Waals surface area contributed by atoms with Crippen molar-refractivity contribution in [1.29, 1.82) is 0 Å². The number of esters is 1. The van der Waals surface area contributed by atoms with Crippen LogP contribution in [-0.4, -0.2) is 17.7 Å². The number of carbonyl (C=O) groups excluding carboxylic acids is 1. The van der Waals surface area contributed by atoms with E-state index in [0.29, 0.717) is 27.8 Å². The first-order valence-corrected chi connectivity index (χ1v) is 7.56. The van der Waals surface area contributed by atoms with Gasteiger partial charge < -0.3 is 14.2 Å². The van der Waals surface area contributed by atoms with Gasteiger partial charge >= 0.3 is 5.97 Å². The Morgan fingerprint density at radius 2 is 2.00 bits per heavy atom. The van der Waals surface area contributed by atoms with Crippen LogP contribution in [0.5, 0.6) is 17.2 Å². The predicted octanol–water partition coefficient (Wildman–Crippen LogP) is 3.90. The summed E-state index contributed by atoms with van der Waals surface area (Å²) in [5, 5.41) is 11.7. The van der Waals surface area contributed by atoms with Crippen LogP contribution < -0.4 is 14.2 Å². The van der Waals surface area contributed by atoms with Gasteiger partial charge in [0.15, 0.2) is 11.5 Å². The van der Waals surface area contributed by atoms with E-state index in [0.717, 1.165) is 6.08 Å². The molecule has 25 heavy (non-hydrogen) atoms. The molecule has 2 aromatic rings. The molecular weight excluding hydrogens is 350 g/mol. The molecule has 3 rings (SSSR count). The molecule has 7 nitrogen and oxygen atoms in total. The Morgan fingerprint density at radius 1 is 1.28 bits per heavy atom. The van der Waals surface area contributed by atoms with Gasteiger partial charge in [-0.3, -0.25) is 10.1 Å². The number of carbonyl (C=O) groups is 1. The molecule has 0 fully saturated rings. The summed E-state index contributed by atoms with van der Waals surface area (Å²) in [5.74, 6) is 0.368. The van der Waals surface area contributed by atoms with Crippen molar-refractivity contribution in [2.75, 3.05) is 6.79 Å². The minimum Gasteiger partial charge on any atom is -0.454 e. The summed E-state index contributed by atoms with van der Waals surface area (Å²) in [6, 6.07) is 7.54. The Bertz CT molecular complexity index is 893. The van der Waals surface area contributed by atoms with Crippen LogP contribution >= 0.6 is 11.6 Å². The summed E-state index contributed by atoms with van der Waals surface area (Å²) in [6.07, 6.45) is 2.41. The zero-order valence-electron chi connectivity index (χ0n) is 13.0. The number of benzene rings is 2. The lowest BCUT2D eigenvalue weighted by Gasteiger charge is -2.05. The Kier molecular flexibility index (Phi) is 4.58. The summed E-state index contributed by atoms with van der Waals surface area (Å²) in [5.41, 5.74) is 0.707. The number of rotatable bonds is 4. The first-order chi connectivity index (χ1) is 11.9. The first-order valence-electron chi connectivity index (χ1n) is 7.18. The third kappa shape index (κ3) is 3.72. The molecule has 0 amide bonds. The van der Waals surface area contributed by atoms with Gasteiger partial charge in [-0.05, 0) is 42.8 Å². The summed E-state index contributed by atoms with van der Waals surface area (Å²) < 4.78 is 15.5. The Labute approximate surface area is 147 Å². The molecule has 0 aromatic heterocycles. The van der Waals surface area contributed by atoms with Gasteiger partial charge in [0.1, 0.15) is 5.75 Å². The lowest BCUT2D eigenvalue weighted by Crippen LogP contribution is -2.05.